The highest BCUT2D eigenvalue weighted by molar-refractivity contribution is 6.01. The van der Waals surface area contributed by atoms with Crippen LogP contribution in [0.1, 0.15) is 33.2 Å². The van der Waals surface area contributed by atoms with E-state index in [1.807, 2.05) is 12.1 Å². The second kappa shape index (κ2) is 8.22. The van der Waals surface area contributed by atoms with Crippen LogP contribution in [0.5, 0.6) is 11.5 Å². The van der Waals surface area contributed by atoms with Crippen LogP contribution in [0.25, 0.3) is 0 Å². The van der Waals surface area contributed by atoms with E-state index in [9.17, 15) is 18.0 Å². The van der Waals surface area contributed by atoms with Gasteiger partial charge in [0.25, 0.3) is 5.91 Å². The molecule has 0 aliphatic carbocycles. The van der Waals surface area contributed by atoms with E-state index in [0.717, 1.165) is 23.4 Å². The van der Waals surface area contributed by atoms with Crippen LogP contribution in [0, 0.1) is 0 Å². The second-order valence-electron chi connectivity index (χ2n) is 6.99. The molecular weight excluding hydrogens is 409 g/mol. The van der Waals surface area contributed by atoms with Crippen molar-refractivity contribution in [3.05, 3.63) is 89.0 Å². The third-order valence-electron chi connectivity index (χ3n) is 4.92. The van der Waals surface area contributed by atoms with E-state index in [4.69, 9.17) is 9.47 Å². The van der Waals surface area contributed by atoms with E-state index in [2.05, 4.69) is 10.6 Å². The summed E-state index contributed by atoms with van der Waals surface area (Å²) in [6.45, 7) is -0.0502. The molecule has 0 radical (unpaired) electrons. The molecule has 0 saturated carbocycles. The zero-order chi connectivity index (χ0) is 22.0. The smallest absolute Gasteiger partial charge is 0.416 e. The minimum Gasteiger partial charge on any atom is -0.493 e. The van der Waals surface area contributed by atoms with Gasteiger partial charge < -0.3 is 20.1 Å². The second-order valence-corrected chi connectivity index (χ2v) is 6.99. The summed E-state index contributed by atoms with van der Waals surface area (Å²) in [4.78, 5) is 12.4. The molecule has 4 rings (SSSR count). The number of fused-ring (bicyclic) bond motifs is 1. The van der Waals surface area contributed by atoms with Gasteiger partial charge in [-0.2, -0.15) is 13.2 Å². The minimum atomic E-state index is -4.41. The molecule has 8 heteroatoms. The molecule has 1 amide bonds. The van der Waals surface area contributed by atoms with Crippen molar-refractivity contribution < 1.29 is 27.4 Å². The van der Waals surface area contributed by atoms with Crippen molar-refractivity contribution in [2.45, 2.75) is 18.9 Å². The summed E-state index contributed by atoms with van der Waals surface area (Å²) in [7, 11) is 1.47. The van der Waals surface area contributed by atoms with Crippen molar-refractivity contribution in [1.29, 1.82) is 0 Å². The molecule has 5 nitrogen and oxygen atoms in total. The number of hydrogen-bond acceptors (Lipinski definition) is 4. The Kier molecular flexibility index (Phi) is 5.46. The highest BCUT2D eigenvalue weighted by atomic mass is 19.4. The summed E-state index contributed by atoms with van der Waals surface area (Å²) in [6.07, 6.45) is -4.88. The molecule has 0 bridgehead atoms. The van der Waals surface area contributed by atoms with Crippen LogP contribution in [0.2, 0.25) is 0 Å². The Bertz CT molecular complexity index is 1120. The van der Waals surface area contributed by atoms with Crippen LogP contribution in [-0.2, 0) is 12.8 Å². The van der Waals surface area contributed by atoms with Gasteiger partial charge in [-0.05, 0) is 47.5 Å². The lowest BCUT2D eigenvalue weighted by atomic mass is 10.1. The molecule has 160 valence electrons. The summed E-state index contributed by atoms with van der Waals surface area (Å²) in [5.74, 6) is 0.591. The minimum absolute atomic E-state index is 0.0502. The normalized spacial score (nSPS) is 15.5. The number of anilines is 1. The molecule has 31 heavy (non-hydrogen) atoms. The maximum absolute atomic E-state index is 12.9. The molecule has 1 atom stereocenters. The Balaban J connectivity index is 1.51. The molecule has 2 N–H and O–H groups in total. The summed E-state index contributed by atoms with van der Waals surface area (Å²) in [5, 5.41) is 6.14. The van der Waals surface area contributed by atoms with Crippen LogP contribution >= 0.6 is 0 Å². The van der Waals surface area contributed by atoms with Gasteiger partial charge in [0.2, 0.25) is 0 Å². The molecular formula is C23H19F3N2O3. The fourth-order valence-electron chi connectivity index (χ4n) is 3.36. The predicted octanol–water partition coefficient (Wildman–Crippen LogP) is 5.15. The van der Waals surface area contributed by atoms with Gasteiger partial charge in [-0.15, -0.1) is 0 Å². The third-order valence-corrected chi connectivity index (χ3v) is 4.92. The molecule has 1 aliphatic heterocycles. The first-order valence-electron chi connectivity index (χ1n) is 9.48. The molecule has 3 aromatic carbocycles. The van der Waals surface area contributed by atoms with Crippen LogP contribution in [0.4, 0.5) is 18.9 Å². The van der Waals surface area contributed by atoms with Crippen LogP contribution in [-0.4, -0.2) is 13.0 Å². The molecule has 0 fully saturated rings. The topological polar surface area (TPSA) is 59.6 Å². The molecule has 1 aliphatic rings. The maximum atomic E-state index is 12.9. The van der Waals surface area contributed by atoms with Crippen molar-refractivity contribution in [3.63, 3.8) is 0 Å². The van der Waals surface area contributed by atoms with Crippen molar-refractivity contribution in [3.8, 4) is 11.5 Å². The number of methoxy groups -OCH3 is 1. The van der Waals surface area contributed by atoms with Gasteiger partial charge >= 0.3 is 6.18 Å². The lowest BCUT2D eigenvalue weighted by Crippen LogP contribution is -2.38. The quantitative estimate of drug-likeness (QED) is 0.590. The van der Waals surface area contributed by atoms with Gasteiger partial charge in [-0.25, -0.2) is 0 Å². The van der Waals surface area contributed by atoms with Gasteiger partial charge in [0.05, 0.1) is 18.2 Å². The number of alkyl halides is 3. The van der Waals surface area contributed by atoms with Gasteiger partial charge in [-0.1, -0.05) is 30.3 Å². The zero-order valence-electron chi connectivity index (χ0n) is 16.5. The van der Waals surface area contributed by atoms with E-state index in [0.29, 0.717) is 22.6 Å². The summed E-state index contributed by atoms with van der Waals surface area (Å²) < 4.78 is 49.8. The lowest BCUT2D eigenvalue weighted by Gasteiger charge is -2.28. The summed E-state index contributed by atoms with van der Waals surface area (Å²) in [5.41, 5.74) is 1.69. The monoisotopic (exact) mass is 428 g/mol. The lowest BCUT2D eigenvalue weighted by molar-refractivity contribution is -0.137. The molecule has 1 heterocycles. The Hall–Kier alpha value is -3.68. The summed E-state index contributed by atoms with van der Waals surface area (Å²) in [6, 6.07) is 17.3. The number of para-hydroxylation sites is 1. The average molecular weight is 428 g/mol. The highest BCUT2D eigenvalue weighted by Crippen LogP contribution is 2.34. The average Bonchev–Trinajstić information content (AvgIpc) is 2.77. The largest absolute Gasteiger partial charge is 0.493 e. The molecule has 0 saturated heterocycles. The molecule has 0 aromatic heterocycles. The van der Waals surface area contributed by atoms with Crippen molar-refractivity contribution in [2.75, 3.05) is 12.4 Å². The number of carbonyl (C=O) groups is 1. The first-order chi connectivity index (χ1) is 14.8. The molecule has 1 unspecified atom stereocenters. The van der Waals surface area contributed by atoms with E-state index in [-0.39, 0.29) is 12.5 Å². The van der Waals surface area contributed by atoms with Crippen molar-refractivity contribution >= 4 is 11.6 Å². The summed E-state index contributed by atoms with van der Waals surface area (Å²) >= 11 is 0. The number of carbonyl (C=O) groups excluding carboxylic acids is 1. The van der Waals surface area contributed by atoms with Gasteiger partial charge in [0.1, 0.15) is 12.8 Å². The Morgan fingerprint density at radius 1 is 0.935 bits per heavy atom. The Morgan fingerprint density at radius 3 is 2.52 bits per heavy atom. The fraction of sp³-hybridized carbons (Fsp3) is 0.174. The highest BCUT2D eigenvalue weighted by Gasteiger charge is 2.30. The molecule has 3 aromatic rings. The number of benzene rings is 3. The predicted molar refractivity (Wildman–Crippen MR) is 109 cm³/mol. The van der Waals surface area contributed by atoms with Crippen molar-refractivity contribution in [1.82, 2.24) is 5.32 Å². The van der Waals surface area contributed by atoms with Gasteiger partial charge in [0.15, 0.2) is 11.5 Å². The maximum Gasteiger partial charge on any atom is 0.416 e. The first-order valence-corrected chi connectivity index (χ1v) is 9.48. The first kappa shape index (κ1) is 20.6. The SMILES string of the molecule is COc1cc(C2NC(=O)c3ccccc3N2)ccc1OCc1cccc(C(F)(F)F)c1. The van der Waals surface area contributed by atoms with Crippen LogP contribution in [0.3, 0.4) is 0 Å². The number of ether oxygens (including phenoxy) is 2. The van der Waals surface area contributed by atoms with Gasteiger partial charge in [0, 0.05) is 5.69 Å². The third kappa shape index (κ3) is 4.42. The van der Waals surface area contributed by atoms with Crippen LogP contribution in [0.15, 0.2) is 66.7 Å². The van der Waals surface area contributed by atoms with Crippen molar-refractivity contribution in [2.24, 2.45) is 0 Å². The molecule has 0 spiro atoms. The number of halogens is 3. The Morgan fingerprint density at radius 2 is 1.74 bits per heavy atom. The number of rotatable bonds is 5. The zero-order valence-corrected chi connectivity index (χ0v) is 16.5. The fourth-order valence-corrected chi connectivity index (χ4v) is 3.36. The number of hydrogen-bond donors (Lipinski definition) is 2. The van der Waals surface area contributed by atoms with E-state index >= 15 is 0 Å². The number of amides is 1. The van der Waals surface area contributed by atoms with Gasteiger partial charge in [-0.3, -0.25) is 4.79 Å². The Labute approximate surface area is 176 Å². The standard InChI is InChI=1S/C23H19F3N2O3/c1-30-20-12-15(21-27-18-8-3-2-7-17(18)22(29)28-21)9-10-19(20)31-13-14-5-4-6-16(11-14)23(24,25)26/h2-12,21,27H,13H2,1H3,(H,28,29). The van der Waals surface area contributed by atoms with E-state index in [1.165, 1.54) is 13.2 Å². The van der Waals surface area contributed by atoms with E-state index in [1.54, 1.807) is 36.4 Å². The van der Waals surface area contributed by atoms with Crippen LogP contribution < -0.4 is 20.1 Å². The number of nitrogens with one attached hydrogen (secondary N) is 2. The van der Waals surface area contributed by atoms with E-state index < -0.39 is 17.9 Å².